The second-order valence-corrected chi connectivity index (χ2v) is 7.15. The molecular weight excluding hydrogens is 404 g/mol. The molecule has 0 aliphatic carbocycles. The van der Waals surface area contributed by atoms with E-state index in [1.807, 2.05) is 43.3 Å². The molecule has 0 N–H and O–H groups in total. The van der Waals surface area contributed by atoms with E-state index in [2.05, 4.69) is 11.6 Å². The van der Waals surface area contributed by atoms with Crippen LogP contribution in [0.2, 0.25) is 0 Å². The van der Waals surface area contributed by atoms with Crippen LogP contribution in [-0.4, -0.2) is 36.1 Å². The van der Waals surface area contributed by atoms with Crippen molar-refractivity contribution in [1.82, 2.24) is 9.88 Å². The van der Waals surface area contributed by atoms with Gasteiger partial charge in [-0.15, -0.1) is 0 Å². The molecule has 1 aromatic heterocycles. The van der Waals surface area contributed by atoms with Gasteiger partial charge in [0.15, 0.2) is 11.5 Å². The summed E-state index contributed by atoms with van der Waals surface area (Å²) in [4.78, 5) is 18.7. The van der Waals surface area contributed by atoms with Gasteiger partial charge in [0.1, 0.15) is 19.0 Å². The summed E-state index contributed by atoms with van der Waals surface area (Å²) in [5, 5.41) is 0. The van der Waals surface area contributed by atoms with E-state index in [0.29, 0.717) is 43.4 Å². The fraction of sp³-hybridized carbons (Fsp3) is 0.231. The lowest BCUT2D eigenvalue weighted by Crippen LogP contribution is -2.26. The van der Waals surface area contributed by atoms with E-state index in [9.17, 15) is 4.79 Å². The highest BCUT2D eigenvalue weighted by molar-refractivity contribution is 5.94. The molecule has 166 valence electrons. The SMILES string of the molecule is C=CCOc1ccc(CN(C)C(=O)c2ccc(OCc3cccnc3)c(OCC)c2)cc1. The molecule has 1 amide bonds. The molecule has 0 aliphatic rings. The van der Waals surface area contributed by atoms with Gasteiger partial charge >= 0.3 is 0 Å². The van der Waals surface area contributed by atoms with Gasteiger partial charge in [0, 0.05) is 37.1 Å². The Morgan fingerprint density at radius 3 is 2.53 bits per heavy atom. The van der Waals surface area contributed by atoms with Gasteiger partial charge in [0.2, 0.25) is 0 Å². The number of hydrogen-bond acceptors (Lipinski definition) is 5. The van der Waals surface area contributed by atoms with Crippen molar-refractivity contribution in [2.75, 3.05) is 20.3 Å². The van der Waals surface area contributed by atoms with Gasteiger partial charge in [-0.05, 0) is 48.9 Å². The van der Waals surface area contributed by atoms with Crippen LogP contribution in [-0.2, 0) is 13.2 Å². The number of nitrogens with zero attached hydrogens (tertiary/aromatic N) is 2. The van der Waals surface area contributed by atoms with Crippen LogP contribution in [0.5, 0.6) is 17.2 Å². The fourth-order valence-electron chi connectivity index (χ4n) is 3.09. The number of pyridine rings is 1. The highest BCUT2D eigenvalue weighted by Crippen LogP contribution is 2.30. The van der Waals surface area contributed by atoms with Gasteiger partial charge in [-0.25, -0.2) is 0 Å². The lowest BCUT2D eigenvalue weighted by atomic mass is 10.1. The Morgan fingerprint density at radius 1 is 1.03 bits per heavy atom. The summed E-state index contributed by atoms with van der Waals surface area (Å²) in [5.41, 5.74) is 2.50. The molecule has 0 unspecified atom stereocenters. The van der Waals surface area contributed by atoms with Crippen molar-refractivity contribution < 1.29 is 19.0 Å². The molecule has 0 saturated heterocycles. The minimum absolute atomic E-state index is 0.100. The second-order valence-electron chi connectivity index (χ2n) is 7.15. The quantitative estimate of drug-likeness (QED) is 0.404. The van der Waals surface area contributed by atoms with Crippen LogP contribution in [0, 0.1) is 0 Å². The van der Waals surface area contributed by atoms with Gasteiger partial charge in [0.05, 0.1) is 6.61 Å². The zero-order chi connectivity index (χ0) is 22.8. The molecule has 3 aromatic rings. The first kappa shape index (κ1) is 22.9. The average molecular weight is 433 g/mol. The number of aromatic nitrogens is 1. The summed E-state index contributed by atoms with van der Waals surface area (Å²) >= 11 is 0. The number of amides is 1. The van der Waals surface area contributed by atoms with Crippen LogP contribution in [0.1, 0.15) is 28.4 Å². The maximum absolute atomic E-state index is 13.0. The maximum atomic E-state index is 13.0. The Bertz CT molecular complexity index is 1020. The van der Waals surface area contributed by atoms with Crippen molar-refractivity contribution in [1.29, 1.82) is 0 Å². The molecule has 6 heteroatoms. The van der Waals surface area contributed by atoms with Crippen molar-refractivity contribution in [2.45, 2.75) is 20.1 Å². The molecule has 0 spiro atoms. The van der Waals surface area contributed by atoms with Crippen LogP contribution in [0.4, 0.5) is 0 Å². The normalized spacial score (nSPS) is 10.3. The zero-order valence-electron chi connectivity index (χ0n) is 18.5. The molecule has 2 aromatic carbocycles. The third-order valence-electron chi connectivity index (χ3n) is 4.67. The fourth-order valence-corrected chi connectivity index (χ4v) is 3.09. The first-order valence-electron chi connectivity index (χ1n) is 10.5. The largest absolute Gasteiger partial charge is 0.490 e. The monoisotopic (exact) mass is 432 g/mol. The number of benzene rings is 2. The van der Waals surface area contributed by atoms with E-state index in [-0.39, 0.29) is 5.91 Å². The summed E-state index contributed by atoms with van der Waals surface area (Å²) in [6.07, 6.45) is 5.18. The van der Waals surface area contributed by atoms with Crippen molar-refractivity contribution in [3.8, 4) is 17.2 Å². The number of carbonyl (C=O) groups excluding carboxylic acids is 1. The van der Waals surface area contributed by atoms with E-state index in [1.54, 1.807) is 48.6 Å². The molecule has 1 heterocycles. The molecule has 3 rings (SSSR count). The molecule has 0 atom stereocenters. The third kappa shape index (κ3) is 6.35. The van der Waals surface area contributed by atoms with Gasteiger partial charge < -0.3 is 19.1 Å². The van der Waals surface area contributed by atoms with Gasteiger partial charge in [-0.3, -0.25) is 9.78 Å². The minimum Gasteiger partial charge on any atom is -0.490 e. The van der Waals surface area contributed by atoms with E-state index in [4.69, 9.17) is 14.2 Å². The highest BCUT2D eigenvalue weighted by atomic mass is 16.5. The molecule has 0 bridgehead atoms. The molecule has 0 saturated carbocycles. The standard InChI is InChI=1S/C26H28N2O4/c1-4-15-31-23-11-8-20(9-12-23)18-28(3)26(29)22-10-13-24(25(16-22)30-5-2)32-19-21-7-6-14-27-17-21/h4,6-14,16-17H,1,5,15,18-19H2,2-3H3. The summed E-state index contributed by atoms with van der Waals surface area (Å²) in [5.74, 6) is 1.80. The Morgan fingerprint density at radius 2 is 1.84 bits per heavy atom. The summed E-state index contributed by atoms with van der Waals surface area (Å²) in [6.45, 7) is 7.31. The predicted octanol–water partition coefficient (Wildman–Crippen LogP) is 4.90. The zero-order valence-corrected chi connectivity index (χ0v) is 18.5. The highest BCUT2D eigenvalue weighted by Gasteiger charge is 2.16. The Hall–Kier alpha value is -3.80. The number of carbonyl (C=O) groups is 1. The first-order chi connectivity index (χ1) is 15.6. The molecule has 6 nitrogen and oxygen atoms in total. The van der Waals surface area contributed by atoms with Gasteiger partial charge in [0.25, 0.3) is 5.91 Å². The maximum Gasteiger partial charge on any atom is 0.254 e. The molecule has 0 aliphatic heterocycles. The molecular formula is C26H28N2O4. The lowest BCUT2D eigenvalue weighted by molar-refractivity contribution is 0.0784. The van der Waals surface area contributed by atoms with Crippen LogP contribution < -0.4 is 14.2 Å². The average Bonchev–Trinajstić information content (AvgIpc) is 2.83. The topological polar surface area (TPSA) is 60.9 Å². The number of hydrogen-bond donors (Lipinski definition) is 0. The number of rotatable bonds is 11. The number of ether oxygens (including phenoxy) is 3. The van der Waals surface area contributed by atoms with Crippen molar-refractivity contribution >= 4 is 5.91 Å². The molecule has 0 fully saturated rings. The van der Waals surface area contributed by atoms with E-state index < -0.39 is 0 Å². The lowest BCUT2D eigenvalue weighted by Gasteiger charge is -2.19. The van der Waals surface area contributed by atoms with E-state index in [0.717, 1.165) is 16.9 Å². The van der Waals surface area contributed by atoms with Crippen LogP contribution in [0.25, 0.3) is 0 Å². The van der Waals surface area contributed by atoms with Crippen LogP contribution >= 0.6 is 0 Å². The van der Waals surface area contributed by atoms with Gasteiger partial charge in [-0.1, -0.05) is 30.9 Å². The van der Waals surface area contributed by atoms with Crippen LogP contribution in [0.15, 0.2) is 79.6 Å². The summed E-state index contributed by atoms with van der Waals surface area (Å²) < 4.78 is 17.1. The molecule has 32 heavy (non-hydrogen) atoms. The van der Waals surface area contributed by atoms with Crippen LogP contribution in [0.3, 0.4) is 0 Å². The minimum atomic E-state index is -0.100. The van der Waals surface area contributed by atoms with Gasteiger partial charge in [-0.2, -0.15) is 0 Å². The van der Waals surface area contributed by atoms with Crippen molar-refractivity contribution in [3.63, 3.8) is 0 Å². The Balaban J connectivity index is 1.66. The first-order valence-corrected chi connectivity index (χ1v) is 10.5. The van der Waals surface area contributed by atoms with Crippen molar-refractivity contribution in [2.24, 2.45) is 0 Å². The molecule has 0 radical (unpaired) electrons. The van der Waals surface area contributed by atoms with E-state index in [1.165, 1.54) is 0 Å². The van der Waals surface area contributed by atoms with Crippen molar-refractivity contribution in [3.05, 3.63) is 96.3 Å². The smallest absolute Gasteiger partial charge is 0.254 e. The summed E-state index contributed by atoms with van der Waals surface area (Å²) in [7, 11) is 1.78. The van der Waals surface area contributed by atoms with E-state index >= 15 is 0 Å². The Labute approximate surface area is 189 Å². The Kier molecular flexibility index (Phi) is 8.26. The third-order valence-corrected chi connectivity index (χ3v) is 4.67. The predicted molar refractivity (Wildman–Crippen MR) is 124 cm³/mol. The second kappa shape index (κ2) is 11.6. The summed E-state index contributed by atoms with van der Waals surface area (Å²) in [6, 6.07) is 16.7.